The van der Waals surface area contributed by atoms with Crippen molar-refractivity contribution in [1.29, 1.82) is 0 Å². The molecule has 5 rings (SSSR count). The van der Waals surface area contributed by atoms with Gasteiger partial charge in [-0.1, -0.05) is 51.1 Å². The van der Waals surface area contributed by atoms with E-state index in [9.17, 15) is 14.7 Å². The first-order valence-electron chi connectivity index (χ1n) is 13.4. The zero-order valence-electron chi connectivity index (χ0n) is 23.1. The molecule has 0 spiro atoms. The third-order valence-corrected chi connectivity index (χ3v) is 7.31. The highest BCUT2D eigenvalue weighted by atomic mass is 16.5. The first kappa shape index (κ1) is 26.3. The summed E-state index contributed by atoms with van der Waals surface area (Å²) < 4.78 is 7.88. The number of amides is 1. The Hall–Kier alpha value is -4.32. The van der Waals surface area contributed by atoms with E-state index in [4.69, 9.17) is 4.74 Å². The highest BCUT2D eigenvalue weighted by Gasteiger charge is 2.47. The Bertz CT molecular complexity index is 1590. The molecule has 2 heterocycles. The van der Waals surface area contributed by atoms with Gasteiger partial charge in [0.1, 0.15) is 11.5 Å². The summed E-state index contributed by atoms with van der Waals surface area (Å²) in [4.78, 5) is 28.8. The van der Waals surface area contributed by atoms with Gasteiger partial charge in [0.2, 0.25) is 0 Å². The molecule has 0 aliphatic carbocycles. The molecule has 200 valence electrons. The first-order chi connectivity index (χ1) is 18.7. The van der Waals surface area contributed by atoms with Gasteiger partial charge in [0.15, 0.2) is 0 Å². The molecule has 1 aliphatic rings. The number of fused-ring (bicyclic) bond motifs is 1. The normalized spacial score (nSPS) is 17.0. The van der Waals surface area contributed by atoms with E-state index < -0.39 is 17.7 Å². The summed E-state index contributed by atoms with van der Waals surface area (Å²) >= 11 is 0. The van der Waals surface area contributed by atoms with E-state index >= 15 is 0 Å². The third-order valence-electron chi connectivity index (χ3n) is 7.31. The zero-order valence-corrected chi connectivity index (χ0v) is 23.1. The molecular formula is C33H34N2O4. The molecule has 4 aromatic rings. The molecule has 1 fully saturated rings. The van der Waals surface area contributed by atoms with Crippen molar-refractivity contribution in [3.8, 4) is 5.75 Å². The number of ether oxygens (including phenoxy) is 1. The Morgan fingerprint density at radius 1 is 1.03 bits per heavy atom. The number of ketones is 1. The summed E-state index contributed by atoms with van der Waals surface area (Å²) in [6.07, 6.45) is 2.80. The number of benzene rings is 3. The molecular weight excluding hydrogens is 488 g/mol. The van der Waals surface area contributed by atoms with E-state index in [1.165, 1.54) is 4.90 Å². The van der Waals surface area contributed by atoms with Crippen molar-refractivity contribution < 1.29 is 19.4 Å². The lowest BCUT2D eigenvalue weighted by Gasteiger charge is -2.25. The lowest BCUT2D eigenvalue weighted by atomic mass is 9.94. The van der Waals surface area contributed by atoms with Gasteiger partial charge < -0.3 is 14.4 Å². The molecule has 1 unspecified atom stereocenters. The van der Waals surface area contributed by atoms with E-state index in [2.05, 4.69) is 20.8 Å². The summed E-state index contributed by atoms with van der Waals surface area (Å²) in [5, 5.41) is 12.5. The number of Topliss-reactive ketones (excluding diaryl/α,β-unsaturated/α-hetero) is 1. The van der Waals surface area contributed by atoms with Crippen molar-refractivity contribution in [2.45, 2.75) is 40.2 Å². The molecule has 1 amide bonds. The van der Waals surface area contributed by atoms with Crippen LogP contribution in [0.3, 0.4) is 0 Å². The molecule has 1 N–H and O–H groups in total. The number of rotatable bonds is 7. The average molecular weight is 523 g/mol. The van der Waals surface area contributed by atoms with Crippen LogP contribution in [0.1, 0.15) is 49.1 Å². The lowest BCUT2D eigenvalue weighted by Crippen LogP contribution is -2.29. The minimum atomic E-state index is -0.791. The molecule has 6 nitrogen and oxygen atoms in total. The lowest BCUT2D eigenvalue weighted by molar-refractivity contribution is -0.132. The van der Waals surface area contributed by atoms with Crippen molar-refractivity contribution in [1.82, 2.24) is 4.57 Å². The monoisotopic (exact) mass is 522 g/mol. The zero-order chi connectivity index (χ0) is 27.8. The second-order valence-electron chi connectivity index (χ2n) is 10.6. The Kier molecular flexibility index (Phi) is 7.04. The molecule has 0 radical (unpaired) electrons. The van der Waals surface area contributed by atoms with Gasteiger partial charge in [0, 0.05) is 41.0 Å². The molecule has 0 bridgehead atoms. The number of aliphatic hydroxyl groups excluding tert-OH is 1. The number of aromatic nitrogens is 1. The number of hydrogen-bond acceptors (Lipinski definition) is 4. The van der Waals surface area contributed by atoms with Crippen LogP contribution in [0.4, 0.5) is 5.69 Å². The first-order valence-corrected chi connectivity index (χ1v) is 13.4. The molecule has 1 saturated heterocycles. The van der Waals surface area contributed by atoms with E-state index in [-0.39, 0.29) is 11.3 Å². The van der Waals surface area contributed by atoms with E-state index in [1.54, 1.807) is 18.2 Å². The Morgan fingerprint density at radius 3 is 2.41 bits per heavy atom. The van der Waals surface area contributed by atoms with Crippen LogP contribution in [0.5, 0.6) is 5.75 Å². The van der Waals surface area contributed by atoms with Crippen LogP contribution in [-0.4, -0.2) is 28.0 Å². The average Bonchev–Trinajstić information content (AvgIpc) is 3.40. The Balaban J connectivity index is 1.69. The quantitative estimate of drug-likeness (QED) is 0.166. The number of carbonyl (C=O) groups excluding carboxylic acids is 2. The SMILES string of the molecule is CCc1ccc(N2C(=O)C(=O)/C(=C(/O)c3ccc(OCC(C)C)c(C)c3)C2c2cn(C)c3ccccc23)cc1. The molecule has 0 saturated carbocycles. The van der Waals surface area contributed by atoms with Crippen molar-refractivity contribution in [2.24, 2.45) is 13.0 Å². The van der Waals surface area contributed by atoms with Gasteiger partial charge in [0.25, 0.3) is 11.7 Å². The topological polar surface area (TPSA) is 71.8 Å². The van der Waals surface area contributed by atoms with Crippen molar-refractivity contribution in [3.05, 3.63) is 101 Å². The maximum atomic E-state index is 13.6. The van der Waals surface area contributed by atoms with Crippen molar-refractivity contribution in [2.75, 3.05) is 11.5 Å². The van der Waals surface area contributed by atoms with Gasteiger partial charge in [0.05, 0.1) is 18.2 Å². The summed E-state index contributed by atoms with van der Waals surface area (Å²) in [7, 11) is 1.94. The van der Waals surface area contributed by atoms with Crippen LogP contribution in [0.15, 0.2) is 78.5 Å². The highest BCUT2D eigenvalue weighted by molar-refractivity contribution is 6.51. The van der Waals surface area contributed by atoms with Crippen molar-refractivity contribution in [3.63, 3.8) is 0 Å². The molecule has 39 heavy (non-hydrogen) atoms. The fourth-order valence-electron chi connectivity index (χ4n) is 5.25. The largest absolute Gasteiger partial charge is 0.507 e. The standard InChI is InChI=1S/C33H34N2O4/c1-6-22-11-14-24(15-12-22)35-30(26-18-34(5)27-10-8-7-9-25(26)27)29(32(37)33(35)38)31(36)23-13-16-28(21(4)17-23)39-19-20(2)3/h7-18,20,30,36H,6,19H2,1-5H3/b31-29+. The Morgan fingerprint density at radius 2 is 1.74 bits per heavy atom. The third kappa shape index (κ3) is 4.71. The van der Waals surface area contributed by atoms with Crippen LogP contribution in [0.25, 0.3) is 16.7 Å². The number of anilines is 1. The van der Waals surface area contributed by atoms with Crippen molar-refractivity contribution >= 4 is 34.0 Å². The predicted octanol–water partition coefficient (Wildman–Crippen LogP) is 6.71. The second-order valence-corrected chi connectivity index (χ2v) is 10.6. The molecule has 1 aromatic heterocycles. The van der Waals surface area contributed by atoms with Gasteiger partial charge in [-0.2, -0.15) is 0 Å². The number of aliphatic hydroxyl groups is 1. The number of para-hydroxylation sites is 1. The number of carbonyl (C=O) groups is 2. The van der Waals surface area contributed by atoms with Gasteiger partial charge in [-0.15, -0.1) is 0 Å². The molecule has 3 aromatic carbocycles. The van der Waals surface area contributed by atoms with Crippen LogP contribution < -0.4 is 9.64 Å². The number of aryl methyl sites for hydroxylation is 3. The maximum Gasteiger partial charge on any atom is 0.300 e. The van der Waals surface area contributed by atoms with E-state index in [0.717, 1.165) is 39.8 Å². The predicted molar refractivity (Wildman–Crippen MR) is 155 cm³/mol. The van der Waals surface area contributed by atoms with Crippen LogP contribution in [0.2, 0.25) is 0 Å². The summed E-state index contributed by atoms with van der Waals surface area (Å²) in [6, 6.07) is 20.1. The van der Waals surface area contributed by atoms with E-state index in [1.807, 2.05) is 73.3 Å². The van der Waals surface area contributed by atoms with Crippen LogP contribution in [-0.2, 0) is 23.1 Å². The van der Waals surface area contributed by atoms with Gasteiger partial charge in [-0.05, 0) is 66.8 Å². The summed E-state index contributed by atoms with van der Waals surface area (Å²) in [5.41, 5.74) is 4.88. The van der Waals surface area contributed by atoms with E-state index in [0.29, 0.717) is 23.8 Å². The fraction of sp³-hybridized carbons (Fsp3) is 0.273. The molecule has 1 atom stereocenters. The second kappa shape index (κ2) is 10.4. The minimum absolute atomic E-state index is 0.0752. The Labute approximate surface area is 229 Å². The van der Waals surface area contributed by atoms with Gasteiger partial charge in [-0.25, -0.2) is 0 Å². The molecule has 1 aliphatic heterocycles. The number of hydrogen-bond donors (Lipinski definition) is 1. The van der Waals surface area contributed by atoms with Gasteiger partial charge in [-0.3, -0.25) is 14.5 Å². The minimum Gasteiger partial charge on any atom is -0.507 e. The fourth-order valence-corrected chi connectivity index (χ4v) is 5.25. The smallest absolute Gasteiger partial charge is 0.300 e. The molecule has 6 heteroatoms. The summed E-state index contributed by atoms with van der Waals surface area (Å²) in [5.74, 6) is -0.463. The number of nitrogens with zero attached hydrogens (tertiary/aromatic N) is 2. The van der Waals surface area contributed by atoms with Gasteiger partial charge >= 0.3 is 0 Å². The van der Waals surface area contributed by atoms with Crippen LogP contribution in [0, 0.1) is 12.8 Å². The maximum absolute atomic E-state index is 13.6. The van der Waals surface area contributed by atoms with Crippen LogP contribution >= 0.6 is 0 Å². The highest BCUT2D eigenvalue weighted by Crippen LogP contribution is 2.45. The summed E-state index contributed by atoms with van der Waals surface area (Å²) in [6.45, 7) is 8.71.